The van der Waals surface area contributed by atoms with Crippen molar-refractivity contribution in [3.8, 4) is 0 Å². The summed E-state index contributed by atoms with van der Waals surface area (Å²) in [7, 11) is 0. The number of rotatable bonds is 11. The monoisotopic (exact) mass is 316 g/mol. The summed E-state index contributed by atoms with van der Waals surface area (Å²) in [6, 6.07) is 0. The number of esters is 3. The van der Waals surface area contributed by atoms with Crippen LogP contribution in [-0.4, -0.2) is 37.2 Å². The van der Waals surface area contributed by atoms with Gasteiger partial charge in [0.25, 0.3) is 0 Å². The van der Waals surface area contributed by atoms with Gasteiger partial charge >= 0.3 is 17.9 Å². The van der Waals surface area contributed by atoms with Crippen LogP contribution in [0.2, 0.25) is 0 Å². The summed E-state index contributed by atoms with van der Waals surface area (Å²) in [5.74, 6) is -0.787. The SMILES string of the molecule is CC(=O)OCC(CC(=O)OCCCCCC(C)C)OC(C)=O. The van der Waals surface area contributed by atoms with Crippen molar-refractivity contribution in [2.75, 3.05) is 13.2 Å². The number of ether oxygens (including phenoxy) is 3. The fourth-order valence-electron chi connectivity index (χ4n) is 1.84. The second-order valence-corrected chi connectivity index (χ2v) is 5.70. The molecule has 0 fully saturated rings. The normalized spacial score (nSPS) is 11.9. The number of hydrogen-bond donors (Lipinski definition) is 0. The summed E-state index contributed by atoms with van der Waals surface area (Å²) in [6.45, 7) is 7.06. The Morgan fingerprint density at radius 1 is 0.909 bits per heavy atom. The molecule has 0 amide bonds. The van der Waals surface area contributed by atoms with Crippen LogP contribution in [0.3, 0.4) is 0 Å². The fraction of sp³-hybridized carbons (Fsp3) is 0.812. The van der Waals surface area contributed by atoms with E-state index in [0.717, 1.165) is 19.3 Å². The van der Waals surface area contributed by atoms with Crippen LogP contribution >= 0.6 is 0 Å². The van der Waals surface area contributed by atoms with Gasteiger partial charge in [-0.05, 0) is 12.3 Å². The summed E-state index contributed by atoms with van der Waals surface area (Å²) in [5, 5.41) is 0. The van der Waals surface area contributed by atoms with Crippen molar-refractivity contribution in [2.24, 2.45) is 5.92 Å². The number of carbonyl (C=O) groups excluding carboxylic acids is 3. The maximum atomic E-state index is 11.7. The second-order valence-electron chi connectivity index (χ2n) is 5.70. The minimum absolute atomic E-state index is 0.112. The molecule has 0 N–H and O–H groups in total. The number of hydrogen-bond acceptors (Lipinski definition) is 6. The van der Waals surface area contributed by atoms with Crippen LogP contribution in [-0.2, 0) is 28.6 Å². The maximum absolute atomic E-state index is 11.7. The highest BCUT2D eigenvalue weighted by molar-refractivity contribution is 5.71. The van der Waals surface area contributed by atoms with Crippen LogP contribution in [0.5, 0.6) is 0 Å². The first-order valence-electron chi connectivity index (χ1n) is 7.77. The molecule has 0 saturated carbocycles. The summed E-state index contributed by atoms with van der Waals surface area (Å²) in [4.78, 5) is 33.4. The number of carbonyl (C=O) groups is 3. The molecular weight excluding hydrogens is 288 g/mol. The third-order valence-corrected chi connectivity index (χ3v) is 2.89. The topological polar surface area (TPSA) is 78.9 Å². The highest BCUT2D eigenvalue weighted by Crippen LogP contribution is 2.09. The molecule has 0 radical (unpaired) electrons. The Bertz CT molecular complexity index is 351. The molecule has 0 spiro atoms. The first kappa shape index (κ1) is 20.4. The van der Waals surface area contributed by atoms with E-state index in [4.69, 9.17) is 14.2 Å². The van der Waals surface area contributed by atoms with Gasteiger partial charge in [-0.25, -0.2) is 0 Å². The molecule has 0 aromatic carbocycles. The van der Waals surface area contributed by atoms with E-state index in [2.05, 4.69) is 13.8 Å². The molecular formula is C16H28O6. The van der Waals surface area contributed by atoms with Crippen molar-refractivity contribution in [3.05, 3.63) is 0 Å². The van der Waals surface area contributed by atoms with Gasteiger partial charge in [0.15, 0.2) is 0 Å². The van der Waals surface area contributed by atoms with E-state index < -0.39 is 24.0 Å². The van der Waals surface area contributed by atoms with E-state index >= 15 is 0 Å². The van der Waals surface area contributed by atoms with Crippen molar-refractivity contribution in [2.45, 2.75) is 65.9 Å². The molecule has 0 saturated heterocycles. The largest absolute Gasteiger partial charge is 0.466 e. The Morgan fingerprint density at radius 2 is 1.59 bits per heavy atom. The van der Waals surface area contributed by atoms with Gasteiger partial charge in [-0.15, -0.1) is 0 Å². The summed E-state index contributed by atoms with van der Waals surface area (Å²) in [6.07, 6.45) is 3.23. The van der Waals surface area contributed by atoms with E-state index in [9.17, 15) is 14.4 Å². The van der Waals surface area contributed by atoms with E-state index in [0.29, 0.717) is 12.5 Å². The minimum Gasteiger partial charge on any atom is -0.466 e. The molecule has 0 bridgehead atoms. The molecule has 1 atom stereocenters. The Kier molecular flexibility index (Phi) is 11.1. The van der Waals surface area contributed by atoms with E-state index in [1.54, 1.807) is 0 Å². The van der Waals surface area contributed by atoms with Gasteiger partial charge in [0.1, 0.15) is 12.7 Å². The molecule has 0 aliphatic carbocycles. The van der Waals surface area contributed by atoms with Crippen molar-refractivity contribution in [3.63, 3.8) is 0 Å². The lowest BCUT2D eigenvalue weighted by atomic mass is 10.1. The quantitative estimate of drug-likeness (QED) is 0.331. The predicted octanol–water partition coefficient (Wildman–Crippen LogP) is 2.63. The minimum atomic E-state index is -0.796. The van der Waals surface area contributed by atoms with Crippen LogP contribution in [0.25, 0.3) is 0 Å². The van der Waals surface area contributed by atoms with Gasteiger partial charge in [-0.1, -0.05) is 33.1 Å². The molecule has 0 rings (SSSR count). The number of unbranched alkanes of at least 4 members (excludes halogenated alkanes) is 2. The van der Waals surface area contributed by atoms with E-state index in [1.165, 1.54) is 20.3 Å². The molecule has 6 nitrogen and oxygen atoms in total. The molecule has 6 heteroatoms. The molecule has 0 heterocycles. The standard InChI is InChI=1S/C16H28O6/c1-12(2)8-6-5-7-9-20-16(19)10-15(22-14(4)18)11-21-13(3)17/h12,15H,5-11H2,1-4H3. The Balaban J connectivity index is 3.91. The second kappa shape index (κ2) is 12.0. The third kappa shape index (κ3) is 13.4. The first-order valence-corrected chi connectivity index (χ1v) is 7.77. The van der Waals surface area contributed by atoms with E-state index in [-0.39, 0.29) is 13.0 Å². The summed E-state index contributed by atoms with van der Waals surface area (Å²) < 4.78 is 14.8. The molecule has 0 aromatic heterocycles. The zero-order valence-corrected chi connectivity index (χ0v) is 14.1. The lowest BCUT2D eigenvalue weighted by Gasteiger charge is -2.16. The van der Waals surface area contributed by atoms with Gasteiger partial charge in [0, 0.05) is 13.8 Å². The summed E-state index contributed by atoms with van der Waals surface area (Å²) >= 11 is 0. The summed E-state index contributed by atoms with van der Waals surface area (Å²) in [5.41, 5.74) is 0. The van der Waals surface area contributed by atoms with Crippen molar-refractivity contribution in [1.82, 2.24) is 0 Å². The van der Waals surface area contributed by atoms with Crippen molar-refractivity contribution >= 4 is 17.9 Å². The highest BCUT2D eigenvalue weighted by atomic mass is 16.6. The molecule has 0 aliphatic heterocycles. The lowest BCUT2D eigenvalue weighted by molar-refractivity contribution is -0.161. The third-order valence-electron chi connectivity index (χ3n) is 2.89. The van der Waals surface area contributed by atoms with Crippen LogP contribution in [0.4, 0.5) is 0 Å². The van der Waals surface area contributed by atoms with Crippen LogP contribution < -0.4 is 0 Å². The molecule has 0 aliphatic rings. The van der Waals surface area contributed by atoms with Gasteiger partial charge in [0.2, 0.25) is 0 Å². The van der Waals surface area contributed by atoms with Crippen molar-refractivity contribution in [1.29, 1.82) is 0 Å². The van der Waals surface area contributed by atoms with Gasteiger partial charge in [0.05, 0.1) is 13.0 Å². The smallest absolute Gasteiger partial charge is 0.309 e. The molecule has 22 heavy (non-hydrogen) atoms. The Labute approximate surface area is 132 Å². The van der Waals surface area contributed by atoms with E-state index in [1.807, 2.05) is 0 Å². The lowest BCUT2D eigenvalue weighted by Crippen LogP contribution is -2.27. The zero-order valence-electron chi connectivity index (χ0n) is 14.1. The highest BCUT2D eigenvalue weighted by Gasteiger charge is 2.19. The molecule has 1 unspecified atom stereocenters. The van der Waals surface area contributed by atoms with Gasteiger partial charge < -0.3 is 14.2 Å². The first-order chi connectivity index (χ1) is 10.3. The fourth-order valence-corrected chi connectivity index (χ4v) is 1.84. The van der Waals surface area contributed by atoms with Crippen LogP contribution in [0, 0.1) is 5.92 Å². The van der Waals surface area contributed by atoms with Gasteiger partial charge in [-0.2, -0.15) is 0 Å². The van der Waals surface area contributed by atoms with Crippen LogP contribution in [0.1, 0.15) is 59.8 Å². The Morgan fingerprint density at radius 3 is 2.14 bits per heavy atom. The average molecular weight is 316 g/mol. The molecule has 128 valence electrons. The predicted molar refractivity (Wildman–Crippen MR) is 81.1 cm³/mol. The maximum Gasteiger partial charge on any atom is 0.309 e. The van der Waals surface area contributed by atoms with Crippen molar-refractivity contribution < 1.29 is 28.6 Å². The molecule has 0 aromatic rings. The van der Waals surface area contributed by atoms with Crippen LogP contribution in [0.15, 0.2) is 0 Å². The average Bonchev–Trinajstić information content (AvgIpc) is 2.39. The van der Waals surface area contributed by atoms with Gasteiger partial charge in [-0.3, -0.25) is 14.4 Å². The zero-order chi connectivity index (χ0) is 17.0. The Hall–Kier alpha value is -1.59.